The lowest BCUT2D eigenvalue weighted by molar-refractivity contribution is -0.136. The van der Waals surface area contributed by atoms with Gasteiger partial charge < -0.3 is 4.74 Å². The van der Waals surface area contributed by atoms with E-state index in [4.69, 9.17) is 4.74 Å². The fourth-order valence-corrected chi connectivity index (χ4v) is 7.30. The van der Waals surface area contributed by atoms with Crippen molar-refractivity contribution in [2.75, 3.05) is 7.11 Å². The van der Waals surface area contributed by atoms with Crippen LogP contribution in [-0.4, -0.2) is 30.2 Å². The van der Waals surface area contributed by atoms with E-state index < -0.39 is 11.7 Å². The second-order valence-electron chi connectivity index (χ2n) is 12.8. The molecule has 0 amide bonds. The highest BCUT2D eigenvalue weighted by Crippen LogP contribution is 2.44. The zero-order chi connectivity index (χ0) is 29.8. The van der Waals surface area contributed by atoms with Crippen LogP contribution in [0.2, 0.25) is 0 Å². The minimum Gasteiger partial charge on any atom is -0.496 e. The lowest BCUT2D eigenvalue weighted by atomic mass is 9.76. The van der Waals surface area contributed by atoms with E-state index in [1.807, 2.05) is 13.0 Å². The largest absolute Gasteiger partial charge is 0.496 e. The molecule has 2 fully saturated rings. The van der Waals surface area contributed by atoms with Gasteiger partial charge in [-0.25, -0.2) is 0 Å². The summed E-state index contributed by atoms with van der Waals surface area (Å²) in [7, 11) is 1.54. The summed E-state index contributed by atoms with van der Waals surface area (Å²) in [5, 5.41) is 0. The lowest BCUT2D eigenvalue weighted by Crippen LogP contribution is -2.28. The molecule has 5 heteroatoms. The molecule has 0 N–H and O–H groups in total. The van der Waals surface area contributed by atoms with Gasteiger partial charge >= 0.3 is 0 Å². The number of ketones is 4. The van der Waals surface area contributed by atoms with E-state index in [-0.39, 0.29) is 34.8 Å². The molecule has 1 atom stereocenters. The van der Waals surface area contributed by atoms with Crippen molar-refractivity contribution in [3.8, 4) is 5.75 Å². The number of ether oxygens (including phenoxy) is 1. The molecule has 42 heavy (non-hydrogen) atoms. The number of methoxy groups -OCH3 is 1. The normalized spacial score (nSPS) is 25.3. The van der Waals surface area contributed by atoms with Gasteiger partial charge in [-0.15, -0.1) is 0 Å². The Labute approximate surface area is 250 Å². The van der Waals surface area contributed by atoms with Gasteiger partial charge in [0.1, 0.15) is 11.5 Å². The number of hydrogen-bond acceptors (Lipinski definition) is 5. The van der Waals surface area contributed by atoms with Gasteiger partial charge in [0.15, 0.2) is 5.78 Å². The van der Waals surface area contributed by atoms with Crippen molar-refractivity contribution in [1.82, 2.24) is 0 Å². The molecule has 0 aliphatic heterocycles. The highest BCUT2D eigenvalue weighted by molar-refractivity contribution is 6.55. The van der Waals surface area contributed by atoms with Crippen LogP contribution in [0.1, 0.15) is 111 Å². The van der Waals surface area contributed by atoms with E-state index in [2.05, 4.69) is 31.2 Å². The summed E-state index contributed by atoms with van der Waals surface area (Å²) in [5.74, 6) is -0.264. The third-order valence-corrected chi connectivity index (χ3v) is 9.88. The molecule has 3 aliphatic rings. The first-order valence-electron chi connectivity index (χ1n) is 15.9. The van der Waals surface area contributed by atoms with Crippen molar-refractivity contribution in [2.24, 2.45) is 23.7 Å². The van der Waals surface area contributed by atoms with Crippen LogP contribution >= 0.6 is 0 Å². The van der Waals surface area contributed by atoms with E-state index in [9.17, 15) is 19.2 Å². The number of Topliss-reactive ketones (excluding diaryl/α,β-unsaturated/α-hetero) is 4. The Hall–Kier alpha value is -3.34. The van der Waals surface area contributed by atoms with Crippen LogP contribution < -0.4 is 4.74 Å². The molecule has 0 heterocycles. The minimum atomic E-state index is -0.607. The predicted octanol–water partition coefficient (Wildman–Crippen LogP) is 7.74. The van der Waals surface area contributed by atoms with Gasteiger partial charge in [-0.1, -0.05) is 63.1 Å². The monoisotopic (exact) mass is 568 g/mol. The van der Waals surface area contributed by atoms with Gasteiger partial charge in [-0.3, -0.25) is 19.2 Å². The maximum Gasteiger partial charge on any atom is 0.229 e. The molecule has 0 spiro atoms. The summed E-state index contributed by atoms with van der Waals surface area (Å²) in [4.78, 5) is 54.2. The van der Waals surface area contributed by atoms with Crippen LogP contribution in [0.25, 0.3) is 5.57 Å². The van der Waals surface area contributed by atoms with Crippen molar-refractivity contribution in [3.63, 3.8) is 0 Å². The van der Waals surface area contributed by atoms with Crippen LogP contribution in [-0.2, 0) is 20.8 Å². The van der Waals surface area contributed by atoms with E-state index in [0.717, 1.165) is 57.8 Å². The van der Waals surface area contributed by atoms with E-state index in [1.54, 1.807) is 25.3 Å². The molecule has 222 valence electrons. The van der Waals surface area contributed by atoms with Gasteiger partial charge in [0.2, 0.25) is 11.6 Å². The molecule has 2 saturated carbocycles. The maximum atomic E-state index is 13.9. The Morgan fingerprint density at radius 3 is 2.17 bits per heavy atom. The molecule has 1 unspecified atom stereocenters. The smallest absolute Gasteiger partial charge is 0.229 e. The molecule has 0 aromatic heterocycles. The number of rotatable bonds is 11. The van der Waals surface area contributed by atoms with Crippen LogP contribution in [0.15, 0.2) is 48.5 Å². The minimum absolute atomic E-state index is 0.0124. The molecule has 0 radical (unpaired) electrons. The average Bonchev–Trinajstić information content (AvgIpc) is 3.39. The lowest BCUT2D eigenvalue weighted by Gasteiger charge is -2.28. The molecule has 2 aromatic rings. The molecule has 0 saturated heterocycles. The fraction of sp³-hybridized carbons (Fsp3) is 0.514. The summed E-state index contributed by atoms with van der Waals surface area (Å²) in [5.41, 5.74) is 3.28. The molecule has 5 rings (SSSR count). The van der Waals surface area contributed by atoms with Crippen molar-refractivity contribution in [3.05, 3.63) is 70.8 Å². The number of hydrogen-bond donors (Lipinski definition) is 0. The number of carbonyl (C=O) groups is 4. The Morgan fingerprint density at radius 1 is 0.857 bits per heavy atom. The average molecular weight is 569 g/mol. The highest BCUT2D eigenvalue weighted by atomic mass is 16.5. The van der Waals surface area contributed by atoms with Gasteiger partial charge in [-0.05, 0) is 92.0 Å². The van der Waals surface area contributed by atoms with E-state index in [1.165, 1.54) is 5.56 Å². The quantitative estimate of drug-likeness (QED) is 0.205. The molecule has 5 nitrogen and oxygen atoms in total. The second kappa shape index (κ2) is 13.3. The molecule has 2 aromatic carbocycles. The summed E-state index contributed by atoms with van der Waals surface area (Å²) < 4.78 is 5.71. The van der Waals surface area contributed by atoms with Crippen LogP contribution in [0.4, 0.5) is 0 Å². The number of benzene rings is 2. The van der Waals surface area contributed by atoms with Gasteiger partial charge in [-0.2, -0.15) is 0 Å². The Morgan fingerprint density at radius 2 is 1.52 bits per heavy atom. The Bertz CT molecular complexity index is 1350. The fourth-order valence-electron chi connectivity index (χ4n) is 7.30. The van der Waals surface area contributed by atoms with E-state index in [0.29, 0.717) is 47.1 Å². The first kappa shape index (κ1) is 30.1. The third kappa shape index (κ3) is 6.35. The van der Waals surface area contributed by atoms with Crippen LogP contribution in [0, 0.1) is 23.7 Å². The number of allylic oxidation sites excluding steroid dienone is 2. The standard InChI is InChI=1S/C37H44O5/c1-4-8-33(38)30-21-31(37(41)36(40)27-15-11-23(2)12-16-27)28-20-32(34(42-3)22-29(28)30)35(39)26-17-13-25(14-18-26)19-24-9-6-5-7-10-24/h5-7,9-10,20-23,25-27,30H,4,8,11-19H2,1-3H3. The van der Waals surface area contributed by atoms with Crippen molar-refractivity contribution < 1.29 is 23.9 Å². The number of carbonyl (C=O) groups excluding carboxylic acids is 4. The summed E-state index contributed by atoms with van der Waals surface area (Å²) in [6.07, 6.45) is 10.7. The topological polar surface area (TPSA) is 77.5 Å². The van der Waals surface area contributed by atoms with E-state index >= 15 is 0 Å². The number of fused-ring (bicyclic) bond motifs is 1. The second-order valence-corrected chi connectivity index (χ2v) is 12.8. The highest BCUT2D eigenvalue weighted by Gasteiger charge is 2.38. The van der Waals surface area contributed by atoms with Crippen molar-refractivity contribution in [1.29, 1.82) is 0 Å². The maximum absolute atomic E-state index is 13.9. The first-order chi connectivity index (χ1) is 20.3. The first-order valence-corrected chi connectivity index (χ1v) is 15.9. The SMILES string of the molecule is CCCC(=O)C1C=C(C(=O)C(=O)C2CCC(C)CC2)c2cc(C(=O)C3CCC(Cc4ccccc4)CC3)c(OC)cc21. The third-order valence-electron chi connectivity index (χ3n) is 9.88. The van der Waals surface area contributed by atoms with Crippen molar-refractivity contribution >= 4 is 28.7 Å². The molecule has 0 bridgehead atoms. The Balaban J connectivity index is 1.39. The van der Waals surface area contributed by atoms with Crippen molar-refractivity contribution in [2.45, 2.75) is 90.4 Å². The summed E-state index contributed by atoms with van der Waals surface area (Å²) in [6, 6.07) is 14.0. The zero-order valence-corrected chi connectivity index (χ0v) is 25.3. The molecular formula is C37H44O5. The molecule has 3 aliphatic carbocycles. The van der Waals surface area contributed by atoms with Crippen LogP contribution in [0.5, 0.6) is 5.75 Å². The predicted molar refractivity (Wildman–Crippen MR) is 165 cm³/mol. The van der Waals surface area contributed by atoms with Gasteiger partial charge in [0.25, 0.3) is 0 Å². The zero-order valence-electron chi connectivity index (χ0n) is 25.3. The van der Waals surface area contributed by atoms with Crippen LogP contribution in [0.3, 0.4) is 0 Å². The summed E-state index contributed by atoms with van der Waals surface area (Å²) >= 11 is 0. The van der Waals surface area contributed by atoms with Gasteiger partial charge in [0.05, 0.1) is 18.6 Å². The summed E-state index contributed by atoms with van der Waals surface area (Å²) in [6.45, 7) is 4.14. The van der Waals surface area contributed by atoms with Gasteiger partial charge in [0, 0.05) is 23.8 Å². The Kier molecular flexibility index (Phi) is 9.55. The molecular weight excluding hydrogens is 524 g/mol.